The fourth-order valence-electron chi connectivity index (χ4n) is 2.18. The van der Waals surface area contributed by atoms with Crippen LogP contribution >= 0.6 is 0 Å². The molecule has 0 aromatic heterocycles. The van der Waals surface area contributed by atoms with Crippen LogP contribution in [0.2, 0.25) is 0 Å². The molecule has 2 amide bonds. The van der Waals surface area contributed by atoms with Gasteiger partial charge < -0.3 is 10.6 Å². The summed E-state index contributed by atoms with van der Waals surface area (Å²) in [6.07, 6.45) is 0. The molecule has 0 fully saturated rings. The monoisotopic (exact) mass is 347 g/mol. The van der Waals surface area contributed by atoms with E-state index in [-0.39, 0.29) is 19.0 Å². The Kier molecular flexibility index (Phi) is 6.19. The van der Waals surface area contributed by atoms with Crippen LogP contribution in [0.1, 0.15) is 5.56 Å². The number of aryl methyl sites for hydroxylation is 1. The Balaban J connectivity index is 1.84. The highest BCUT2D eigenvalue weighted by Crippen LogP contribution is 2.17. The molecule has 7 heteroatoms. The zero-order valence-electron chi connectivity index (χ0n) is 14.0. The number of nitrogens with one attached hydrogen (secondary N) is 2. The minimum absolute atomic E-state index is 0.0406. The molecule has 0 aliphatic heterocycles. The summed E-state index contributed by atoms with van der Waals surface area (Å²) in [5.41, 5.74) is 1.24. The maximum Gasteiger partial charge on any atom is 0.238 e. The summed E-state index contributed by atoms with van der Waals surface area (Å²) in [6, 6.07) is 10.6. The van der Waals surface area contributed by atoms with Gasteiger partial charge in [0.15, 0.2) is 0 Å². The average molecular weight is 347 g/mol. The maximum atomic E-state index is 13.5. The summed E-state index contributed by atoms with van der Waals surface area (Å²) in [5.74, 6) is -2.62. The number of hydrogen-bond acceptors (Lipinski definition) is 3. The van der Waals surface area contributed by atoms with Gasteiger partial charge in [0.05, 0.1) is 13.1 Å². The van der Waals surface area contributed by atoms with Gasteiger partial charge in [0.2, 0.25) is 11.8 Å². The van der Waals surface area contributed by atoms with Crippen LogP contribution in [0.25, 0.3) is 0 Å². The minimum Gasteiger partial charge on any atom is -0.325 e. The van der Waals surface area contributed by atoms with Crippen LogP contribution in [-0.4, -0.2) is 36.9 Å². The quantitative estimate of drug-likeness (QED) is 0.845. The van der Waals surface area contributed by atoms with E-state index in [0.717, 1.165) is 17.7 Å². The highest BCUT2D eigenvalue weighted by Gasteiger charge is 2.15. The zero-order chi connectivity index (χ0) is 18.4. The lowest BCUT2D eigenvalue weighted by atomic mass is 10.2. The number of para-hydroxylation sites is 1. The highest BCUT2D eigenvalue weighted by atomic mass is 19.1. The fourth-order valence-corrected chi connectivity index (χ4v) is 2.18. The van der Waals surface area contributed by atoms with Gasteiger partial charge in [-0.3, -0.25) is 14.5 Å². The molecule has 5 nitrogen and oxygen atoms in total. The van der Waals surface area contributed by atoms with Crippen molar-refractivity contribution in [3.8, 4) is 0 Å². The molecule has 25 heavy (non-hydrogen) atoms. The molecule has 0 heterocycles. The molecular formula is C18H19F2N3O2. The Morgan fingerprint density at radius 2 is 1.44 bits per heavy atom. The Morgan fingerprint density at radius 3 is 2.00 bits per heavy atom. The smallest absolute Gasteiger partial charge is 0.238 e. The Labute approximate surface area is 144 Å². The molecule has 0 atom stereocenters. The van der Waals surface area contributed by atoms with Crippen LogP contribution in [0.3, 0.4) is 0 Å². The number of hydrogen-bond donors (Lipinski definition) is 2. The van der Waals surface area contributed by atoms with E-state index in [1.807, 2.05) is 19.1 Å². The predicted molar refractivity (Wildman–Crippen MR) is 92.3 cm³/mol. The number of halogens is 2. The Bertz CT molecular complexity index is 743. The first-order chi connectivity index (χ1) is 11.8. The van der Waals surface area contributed by atoms with Gasteiger partial charge in [0.25, 0.3) is 0 Å². The molecule has 0 aliphatic carbocycles. The molecule has 0 spiro atoms. The Hall–Kier alpha value is -2.80. The number of amides is 2. The van der Waals surface area contributed by atoms with E-state index in [1.54, 1.807) is 19.2 Å². The number of carbonyl (C=O) groups excluding carboxylic acids is 2. The molecule has 0 saturated carbocycles. The maximum absolute atomic E-state index is 13.5. The summed E-state index contributed by atoms with van der Waals surface area (Å²) < 4.78 is 27.0. The van der Waals surface area contributed by atoms with Gasteiger partial charge in [0.1, 0.15) is 17.3 Å². The number of rotatable bonds is 6. The number of likely N-dealkylation sites (N-methyl/N-ethyl adjacent to an activating group) is 1. The van der Waals surface area contributed by atoms with Crippen molar-refractivity contribution in [2.24, 2.45) is 0 Å². The van der Waals surface area contributed by atoms with Crippen molar-refractivity contribution in [3.63, 3.8) is 0 Å². The summed E-state index contributed by atoms with van der Waals surface area (Å²) in [7, 11) is 1.56. The number of benzene rings is 2. The van der Waals surface area contributed by atoms with E-state index < -0.39 is 23.2 Å². The molecule has 0 unspecified atom stereocenters. The van der Waals surface area contributed by atoms with Gasteiger partial charge in [-0.05, 0) is 38.2 Å². The Morgan fingerprint density at radius 1 is 0.920 bits per heavy atom. The highest BCUT2D eigenvalue weighted by molar-refractivity contribution is 5.94. The van der Waals surface area contributed by atoms with E-state index in [0.29, 0.717) is 5.69 Å². The van der Waals surface area contributed by atoms with Crippen molar-refractivity contribution < 1.29 is 18.4 Å². The second-order valence-electron chi connectivity index (χ2n) is 5.73. The molecule has 2 aromatic rings. The van der Waals surface area contributed by atoms with Gasteiger partial charge in [-0.2, -0.15) is 0 Å². The van der Waals surface area contributed by atoms with Crippen molar-refractivity contribution in [1.82, 2.24) is 4.90 Å². The van der Waals surface area contributed by atoms with E-state index in [4.69, 9.17) is 0 Å². The van der Waals surface area contributed by atoms with E-state index in [9.17, 15) is 18.4 Å². The molecule has 132 valence electrons. The van der Waals surface area contributed by atoms with Crippen molar-refractivity contribution in [3.05, 3.63) is 59.7 Å². The zero-order valence-corrected chi connectivity index (χ0v) is 14.0. The molecule has 0 bridgehead atoms. The fraction of sp³-hybridized carbons (Fsp3) is 0.222. The first-order valence-electron chi connectivity index (χ1n) is 7.64. The van der Waals surface area contributed by atoms with Crippen LogP contribution in [0, 0.1) is 18.6 Å². The van der Waals surface area contributed by atoms with Crippen LogP contribution in [0.15, 0.2) is 42.5 Å². The topological polar surface area (TPSA) is 61.4 Å². The van der Waals surface area contributed by atoms with Gasteiger partial charge in [0, 0.05) is 5.69 Å². The van der Waals surface area contributed by atoms with E-state index in [2.05, 4.69) is 10.6 Å². The SMILES string of the molecule is Cc1ccc(NC(=O)CN(C)CC(=O)Nc2c(F)cccc2F)cc1. The van der Waals surface area contributed by atoms with E-state index in [1.165, 1.54) is 11.0 Å². The summed E-state index contributed by atoms with van der Waals surface area (Å²) >= 11 is 0. The normalized spacial score (nSPS) is 10.6. The van der Waals surface area contributed by atoms with Gasteiger partial charge in [-0.25, -0.2) is 8.78 Å². The average Bonchev–Trinajstić information content (AvgIpc) is 2.53. The lowest BCUT2D eigenvalue weighted by Crippen LogP contribution is -2.36. The van der Waals surface area contributed by atoms with Crippen LogP contribution in [0.4, 0.5) is 20.2 Å². The number of anilines is 2. The summed E-state index contributed by atoms with van der Waals surface area (Å²) in [6.45, 7) is 1.71. The third-order valence-corrected chi connectivity index (χ3v) is 3.39. The first-order valence-corrected chi connectivity index (χ1v) is 7.64. The van der Waals surface area contributed by atoms with Crippen LogP contribution in [0.5, 0.6) is 0 Å². The molecule has 0 aliphatic rings. The molecule has 2 rings (SSSR count). The standard InChI is InChI=1S/C18H19F2N3O2/c1-12-6-8-13(9-7-12)21-16(24)10-23(2)11-17(25)22-18-14(19)4-3-5-15(18)20/h3-9H,10-11H2,1-2H3,(H,21,24)(H,22,25). The lowest BCUT2D eigenvalue weighted by Gasteiger charge is -2.16. The number of nitrogens with zero attached hydrogens (tertiary/aromatic N) is 1. The van der Waals surface area contributed by atoms with Gasteiger partial charge in [-0.15, -0.1) is 0 Å². The minimum atomic E-state index is -0.854. The molecule has 0 saturated heterocycles. The van der Waals surface area contributed by atoms with Crippen LogP contribution in [-0.2, 0) is 9.59 Å². The molecule has 2 N–H and O–H groups in total. The van der Waals surface area contributed by atoms with Gasteiger partial charge in [-0.1, -0.05) is 23.8 Å². The summed E-state index contributed by atoms with van der Waals surface area (Å²) in [4.78, 5) is 25.3. The second-order valence-corrected chi connectivity index (χ2v) is 5.73. The first kappa shape index (κ1) is 18.5. The van der Waals surface area contributed by atoms with E-state index >= 15 is 0 Å². The molecule has 0 radical (unpaired) electrons. The number of carbonyl (C=O) groups is 2. The van der Waals surface area contributed by atoms with Crippen molar-refractivity contribution in [2.45, 2.75) is 6.92 Å². The third-order valence-electron chi connectivity index (χ3n) is 3.39. The van der Waals surface area contributed by atoms with Crippen LogP contribution < -0.4 is 10.6 Å². The predicted octanol–water partition coefficient (Wildman–Crippen LogP) is 2.78. The third kappa shape index (κ3) is 5.65. The molecular weight excluding hydrogens is 328 g/mol. The lowest BCUT2D eigenvalue weighted by molar-refractivity contribution is -0.119. The largest absolute Gasteiger partial charge is 0.325 e. The van der Waals surface area contributed by atoms with Crippen molar-refractivity contribution in [2.75, 3.05) is 30.8 Å². The van der Waals surface area contributed by atoms with Crippen molar-refractivity contribution >= 4 is 23.2 Å². The van der Waals surface area contributed by atoms with Crippen molar-refractivity contribution in [1.29, 1.82) is 0 Å². The summed E-state index contributed by atoms with van der Waals surface area (Å²) in [5, 5.41) is 4.89. The molecule has 2 aromatic carbocycles. The van der Waals surface area contributed by atoms with Gasteiger partial charge >= 0.3 is 0 Å². The second kappa shape index (κ2) is 8.34.